The molecule has 0 saturated carbocycles. The van der Waals surface area contributed by atoms with Gasteiger partial charge in [-0.15, -0.1) is 0 Å². The molecule has 0 fully saturated rings. The molecule has 3 nitrogen and oxygen atoms in total. The maximum Gasteiger partial charge on any atom is 0.305 e. The lowest BCUT2D eigenvalue weighted by atomic mass is 10.2. The zero-order chi connectivity index (χ0) is 8.27. The van der Waals surface area contributed by atoms with Gasteiger partial charge in [-0.25, -0.2) is 0 Å². The minimum atomic E-state index is -0.164. The number of nitrogens with zero attached hydrogens (tertiary/aromatic N) is 2. The fourth-order valence-electron chi connectivity index (χ4n) is 0.825. The first-order valence-electron chi connectivity index (χ1n) is 3.52. The molecule has 11 heavy (non-hydrogen) atoms. The Balaban J connectivity index is 2.70. The van der Waals surface area contributed by atoms with Gasteiger partial charge in [0.2, 0.25) is 0 Å². The molecule has 0 atom stereocenters. The van der Waals surface area contributed by atoms with Gasteiger partial charge in [-0.2, -0.15) is 0 Å². The van der Waals surface area contributed by atoms with E-state index >= 15 is 0 Å². The molecule has 0 aromatic carbocycles. The molecule has 1 aliphatic rings. The Morgan fingerprint density at radius 2 is 2.45 bits per heavy atom. The minimum Gasteiger partial charge on any atom is -0.267 e. The van der Waals surface area contributed by atoms with Crippen LogP contribution in [0.5, 0.6) is 0 Å². The molecule has 0 aromatic heterocycles. The fraction of sp³-hybridized carbons (Fsp3) is 0.375. The van der Waals surface area contributed by atoms with Gasteiger partial charge in [-0.1, -0.05) is 4.70 Å². The van der Waals surface area contributed by atoms with E-state index in [0.717, 1.165) is 0 Å². The van der Waals surface area contributed by atoms with Gasteiger partial charge in [0.05, 0.1) is 0 Å². The number of carbonyl (C=O) groups excluding carboxylic acids is 1. The van der Waals surface area contributed by atoms with Crippen LogP contribution in [0.4, 0.5) is 0 Å². The summed E-state index contributed by atoms with van der Waals surface area (Å²) in [5.74, 6) is -0.164. The Labute approximate surface area is 65.7 Å². The van der Waals surface area contributed by atoms with Crippen molar-refractivity contribution >= 4 is 5.91 Å². The Bertz CT molecular complexity index is 261. The summed E-state index contributed by atoms with van der Waals surface area (Å²) in [5, 5.41) is 3.73. The van der Waals surface area contributed by atoms with Gasteiger partial charge in [-0.05, 0) is 18.6 Å². The summed E-state index contributed by atoms with van der Waals surface area (Å²) in [5.41, 5.74) is 1.21. The lowest BCUT2D eigenvalue weighted by molar-refractivity contribution is -0.514. The molecule has 0 aliphatic carbocycles. The average molecular weight is 151 g/mol. The molecular weight excluding hydrogens is 140 g/mol. The number of rotatable bonds is 0. The molecule has 0 bridgehead atoms. The molecule has 0 unspecified atom stereocenters. The first kappa shape index (κ1) is 7.85. The van der Waals surface area contributed by atoms with Crippen LogP contribution >= 0.6 is 0 Å². The molecule has 0 spiro atoms. The molecule has 3 heteroatoms. The van der Waals surface area contributed by atoms with Crippen molar-refractivity contribution < 1.29 is 9.49 Å². The zero-order valence-electron chi connectivity index (χ0n) is 6.74. The third-order valence-corrected chi connectivity index (χ3v) is 1.38. The van der Waals surface area contributed by atoms with Crippen molar-refractivity contribution in [3.8, 4) is 0 Å². The minimum absolute atomic E-state index is 0.164. The molecule has 1 amide bonds. The number of hydrogen-bond acceptors (Lipinski definition) is 1. The molecule has 0 radical (unpaired) electrons. The summed E-state index contributed by atoms with van der Waals surface area (Å²) in [4.78, 5) is 10.5. The Kier molecular flexibility index (Phi) is 2.31. The fourth-order valence-corrected chi connectivity index (χ4v) is 0.825. The van der Waals surface area contributed by atoms with E-state index in [0.29, 0.717) is 6.54 Å². The largest absolute Gasteiger partial charge is 0.305 e. The van der Waals surface area contributed by atoms with E-state index in [1.54, 1.807) is 10.9 Å². The summed E-state index contributed by atoms with van der Waals surface area (Å²) >= 11 is 0. The van der Waals surface area contributed by atoms with E-state index in [-0.39, 0.29) is 5.91 Å². The van der Waals surface area contributed by atoms with Crippen LogP contribution in [0.25, 0.3) is 0 Å². The molecule has 58 valence electrons. The van der Waals surface area contributed by atoms with Crippen LogP contribution in [-0.4, -0.2) is 17.1 Å². The summed E-state index contributed by atoms with van der Waals surface area (Å²) in [6.07, 6.45) is 5.75. The third kappa shape index (κ3) is 2.45. The molecule has 0 saturated heterocycles. The van der Waals surface area contributed by atoms with Gasteiger partial charge < -0.3 is 0 Å². The van der Waals surface area contributed by atoms with E-state index in [1.165, 1.54) is 12.5 Å². The number of azo groups is 2. The Hall–Kier alpha value is -1.25. The van der Waals surface area contributed by atoms with Crippen molar-refractivity contribution in [2.24, 2.45) is 5.11 Å². The molecule has 1 rings (SSSR count). The van der Waals surface area contributed by atoms with E-state index in [2.05, 4.69) is 5.11 Å². The van der Waals surface area contributed by atoms with Crippen LogP contribution in [0, 0.1) is 0 Å². The number of allylic oxidation sites excluding steroid dienone is 2. The zero-order valence-corrected chi connectivity index (χ0v) is 6.74. The van der Waals surface area contributed by atoms with Gasteiger partial charge in [0.1, 0.15) is 0 Å². The molecular formula is C8H11N2O+. The van der Waals surface area contributed by atoms with Crippen molar-refractivity contribution in [1.29, 1.82) is 0 Å². The summed E-state index contributed by atoms with van der Waals surface area (Å²) in [7, 11) is 0. The predicted octanol–water partition coefficient (Wildman–Crippen LogP) is 1.47. The van der Waals surface area contributed by atoms with Crippen LogP contribution in [0.2, 0.25) is 0 Å². The van der Waals surface area contributed by atoms with E-state index in [4.69, 9.17) is 0 Å². The molecule has 1 aliphatic heterocycles. The first-order chi connectivity index (χ1) is 5.18. The average Bonchev–Trinajstić information content (AvgIpc) is 1.93. The predicted molar refractivity (Wildman–Crippen MR) is 41.1 cm³/mol. The van der Waals surface area contributed by atoms with E-state index in [1.807, 2.05) is 19.1 Å². The van der Waals surface area contributed by atoms with Crippen LogP contribution in [0.15, 0.2) is 29.0 Å². The maximum absolute atomic E-state index is 10.5. The van der Waals surface area contributed by atoms with Crippen LogP contribution < -0.4 is 0 Å². The van der Waals surface area contributed by atoms with Crippen LogP contribution in [0.3, 0.4) is 0 Å². The smallest absolute Gasteiger partial charge is 0.267 e. The number of amides is 1. The second-order valence-electron chi connectivity index (χ2n) is 2.50. The van der Waals surface area contributed by atoms with Gasteiger partial charge in [0.25, 0.3) is 0 Å². The highest BCUT2D eigenvalue weighted by molar-refractivity contribution is 5.72. The van der Waals surface area contributed by atoms with Gasteiger partial charge >= 0.3 is 5.91 Å². The van der Waals surface area contributed by atoms with E-state index in [9.17, 15) is 4.79 Å². The van der Waals surface area contributed by atoms with Crippen molar-refractivity contribution in [3.05, 3.63) is 23.9 Å². The lowest BCUT2D eigenvalue weighted by Crippen LogP contribution is -2.07. The highest BCUT2D eigenvalue weighted by atomic mass is 16.1. The van der Waals surface area contributed by atoms with Crippen molar-refractivity contribution in [1.82, 2.24) is 0 Å². The SMILES string of the molecule is CC(=O)N=[N+]1C=CC(C)=CC1. The number of hydrogen-bond donors (Lipinski definition) is 0. The lowest BCUT2D eigenvalue weighted by Gasteiger charge is -1.96. The number of carbonyl (C=O) groups is 1. The maximum atomic E-state index is 10.5. The third-order valence-electron chi connectivity index (χ3n) is 1.38. The van der Waals surface area contributed by atoms with Gasteiger partial charge in [0, 0.05) is 18.1 Å². The van der Waals surface area contributed by atoms with Crippen LogP contribution in [0.1, 0.15) is 13.8 Å². The second-order valence-corrected chi connectivity index (χ2v) is 2.50. The van der Waals surface area contributed by atoms with Crippen molar-refractivity contribution in [2.45, 2.75) is 13.8 Å². The first-order valence-corrected chi connectivity index (χ1v) is 3.52. The molecule has 1 heterocycles. The van der Waals surface area contributed by atoms with Gasteiger partial charge in [0.15, 0.2) is 12.7 Å². The van der Waals surface area contributed by atoms with Crippen molar-refractivity contribution in [2.75, 3.05) is 6.54 Å². The second kappa shape index (κ2) is 3.23. The highest BCUT2D eigenvalue weighted by Gasteiger charge is 2.05. The molecule has 0 aromatic rings. The Morgan fingerprint density at radius 1 is 1.73 bits per heavy atom. The Morgan fingerprint density at radius 3 is 2.91 bits per heavy atom. The molecule has 0 N–H and O–H groups in total. The quantitative estimate of drug-likeness (QED) is 0.482. The highest BCUT2D eigenvalue weighted by Crippen LogP contribution is 2.01. The monoisotopic (exact) mass is 151 g/mol. The van der Waals surface area contributed by atoms with Crippen LogP contribution in [-0.2, 0) is 4.79 Å². The van der Waals surface area contributed by atoms with E-state index < -0.39 is 0 Å². The normalized spacial score (nSPS) is 20.2. The standard InChI is InChI=1S/C8H11N2O/c1-7-3-5-10(6-4-7)9-8(2)11/h3-5H,6H2,1-2H3/q+1. The van der Waals surface area contributed by atoms with Gasteiger partial charge in [-0.3, -0.25) is 4.79 Å². The summed E-state index contributed by atoms with van der Waals surface area (Å²) in [6.45, 7) is 4.16. The van der Waals surface area contributed by atoms with Crippen molar-refractivity contribution in [3.63, 3.8) is 0 Å². The topological polar surface area (TPSA) is 32.4 Å². The summed E-state index contributed by atoms with van der Waals surface area (Å²) in [6, 6.07) is 0. The summed E-state index contributed by atoms with van der Waals surface area (Å²) < 4.78 is 1.62.